The minimum absolute atomic E-state index is 0.311. The molecule has 0 saturated carbocycles. The van der Waals surface area contributed by atoms with E-state index in [1.807, 2.05) is 19.3 Å². The topological polar surface area (TPSA) is 86.3 Å². The van der Waals surface area contributed by atoms with Gasteiger partial charge in [0.25, 0.3) is 0 Å². The summed E-state index contributed by atoms with van der Waals surface area (Å²) in [6.45, 7) is 5.36. The van der Waals surface area contributed by atoms with Crippen molar-refractivity contribution in [3.8, 4) is 22.4 Å². The van der Waals surface area contributed by atoms with Crippen molar-refractivity contribution in [2.75, 3.05) is 5.32 Å². The van der Waals surface area contributed by atoms with Crippen LogP contribution in [-0.2, 0) is 11.8 Å². The molecule has 3 heterocycles. The number of nitrogens with zero attached hydrogens (tertiary/aromatic N) is 5. The Kier molecular flexibility index (Phi) is 4.73. The number of fused-ring (bicyclic) bond motifs is 1. The molecule has 0 aliphatic heterocycles. The van der Waals surface area contributed by atoms with Gasteiger partial charge in [0.05, 0.1) is 6.20 Å². The quantitative estimate of drug-likeness (QED) is 0.547. The zero-order valence-electron chi connectivity index (χ0n) is 17.0. The summed E-state index contributed by atoms with van der Waals surface area (Å²) < 4.78 is 21.9. The molecule has 4 rings (SSSR count). The van der Waals surface area contributed by atoms with E-state index in [0.29, 0.717) is 17.2 Å². The number of imidazole rings is 1. The number of carbonyl (C=O) groups is 1. The van der Waals surface area contributed by atoms with Gasteiger partial charge in [-0.2, -0.15) is 10.2 Å². The van der Waals surface area contributed by atoms with E-state index in [2.05, 4.69) is 20.5 Å². The lowest BCUT2D eigenvalue weighted by atomic mass is 10.0. The van der Waals surface area contributed by atoms with Crippen molar-refractivity contribution >= 4 is 17.6 Å². The maximum atomic E-state index is 13.4. The highest BCUT2D eigenvalue weighted by atomic mass is 19.1. The summed E-state index contributed by atoms with van der Waals surface area (Å²) in [6.07, 6.45) is 4.52. The average molecular weight is 408 g/mol. The SMILES string of the molecule is Cn1cc(-c2ccnn3cc(NC(=O)OC(C)(C)C)nc23)c(-c2ccc(F)cc2)n1. The van der Waals surface area contributed by atoms with E-state index in [1.165, 1.54) is 12.1 Å². The largest absolute Gasteiger partial charge is 0.444 e. The van der Waals surface area contributed by atoms with Crippen molar-refractivity contribution in [3.05, 3.63) is 54.7 Å². The van der Waals surface area contributed by atoms with Crippen LogP contribution in [0.4, 0.5) is 15.0 Å². The average Bonchev–Trinajstić information content (AvgIpc) is 3.23. The van der Waals surface area contributed by atoms with Gasteiger partial charge in [0, 0.05) is 36.1 Å². The molecule has 1 aromatic carbocycles. The summed E-state index contributed by atoms with van der Waals surface area (Å²) in [6, 6.07) is 7.98. The zero-order chi connectivity index (χ0) is 21.5. The van der Waals surface area contributed by atoms with Crippen LogP contribution in [0.25, 0.3) is 28.0 Å². The van der Waals surface area contributed by atoms with Crippen LogP contribution < -0.4 is 5.32 Å². The van der Waals surface area contributed by atoms with Crippen LogP contribution in [-0.4, -0.2) is 36.1 Å². The number of aryl methyl sites for hydroxylation is 1. The smallest absolute Gasteiger partial charge is 0.413 e. The molecule has 0 aliphatic rings. The van der Waals surface area contributed by atoms with Crippen molar-refractivity contribution < 1.29 is 13.9 Å². The Morgan fingerprint density at radius 3 is 2.53 bits per heavy atom. The number of aromatic nitrogens is 5. The Hall–Kier alpha value is -3.75. The summed E-state index contributed by atoms with van der Waals surface area (Å²) in [5, 5.41) is 11.4. The maximum absolute atomic E-state index is 13.4. The van der Waals surface area contributed by atoms with E-state index in [4.69, 9.17) is 4.74 Å². The molecule has 0 radical (unpaired) electrons. The molecule has 0 bridgehead atoms. The Bertz CT molecular complexity index is 1220. The molecule has 30 heavy (non-hydrogen) atoms. The van der Waals surface area contributed by atoms with E-state index >= 15 is 0 Å². The fourth-order valence-electron chi connectivity index (χ4n) is 3.08. The molecular formula is C21H21FN6O2. The lowest BCUT2D eigenvalue weighted by Gasteiger charge is -2.18. The summed E-state index contributed by atoms with van der Waals surface area (Å²) in [5.74, 6) is 0.00470. The third-order valence-corrected chi connectivity index (χ3v) is 4.23. The van der Waals surface area contributed by atoms with E-state index in [0.717, 1.165) is 16.7 Å². The Morgan fingerprint density at radius 1 is 1.10 bits per heavy atom. The summed E-state index contributed by atoms with van der Waals surface area (Å²) in [5.41, 5.74) is 2.98. The third kappa shape index (κ3) is 4.00. The normalized spacial score (nSPS) is 11.6. The molecule has 0 saturated heterocycles. The second kappa shape index (κ2) is 7.25. The van der Waals surface area contributed by atoms with Gasteiger partial charge in [-0.1, -0.05) is 0 Å². The standard InChI is InChI=1S/C21H21FN6O2/c1-21(2,3)30-20(29)25-17-12-28-19(24-17)15(9-10-23-28)16-11-27(4)26-18(16)13-5-7-14(22)8-6-13/h5-12H,1-4H3,(H,25,29). The molecule has 0 atom stereocenters. The molecule has 1 amide bonds. The van der Waals surface area contributed by atoms with Crippen LogP contribution in [0, 0.1) is 5.82 Å². The van der Waals surface area contributed by atoms with Gasteiger partial charge in [-0.25, -0.2) is 18.7 Å². The maximum Gasteiger partial charge on any atom is 0.413 e. The third-order valence-electron chi connectivity index (χ3n) is 4.23. The van der Waals surface area contributed by atoms with E-state index < -0.39 is 11.7 Å². The van der Waals surface area contributed by atoms with Crippen LogP contribution in [0.15, 0.2) is 48.9 Å². The predicted molar refractivity (Wildman–Crippen MR) is 110 cm³/mol. The van der Waals surface area contributed by atoms with E-state index in [9.17, 15) is 9.18 Å². The number of amides is 1. The number of halogens is 1. The van der Waals surface area contributed by atoms with Crippen molar-refractivity contribution in [1.29, 1.82) is 0 Å². The van der Waals surface area contributed by atoms with Gasteiger partial charge in [0.2, 0.25) is 0 Å². The number of benzene rings is 1. The molecule has 8 nitrogen and oxygen atoms in total. The number of rotatable bonds is 3. The number of hydrogen-bond acceptors (Lipinski definition) is 5. The van der Waals surface area contributed by atoms with E-state index in [1.54, 1.807) is 54.5 Å². The molecule has 1 N–H and O–H groups in total. The number of anilines is 1. The highest BCUT2D eigenvalue weighted by Gasteiger charge is 2.20. The molecule has 154 valence electrons. The van der Waals surface area contributed by atoms with Crippen LogP contribution in [0.1, 0.15) is 20.8 Å². The highest BCUT2D eigenvalue weighted by Crippen LogP contribution is 2.33. The fraction of sp³-hybridized carbons (Fsp3) is 0.238. The summed E-state index contributed by atoms with van der Waals surface area (Å²) >= 11 is 0. The minimum atomic E-state index is -0.619. The number of nitrogens with one attached hydrogen (secondary N) is 1. The van der Waals surface area contributed by atoms with Gasteiger partial charge in [0.15, 0.2) is 11.5 Å². The van der Waals surface area contributed by atoms with Gasteiger partial charge in [-0.05, 0) is 51.1 Å². The lowest BCUT2D eigenvalue weighted by Crippen LogP contribution is -2.27. The monoisotopic (exact) mass is 408 g/mol. The van der Waals surface area contributed by atoms with Gasteiger partial charge in [-0.3, -0.25) is 10.00 Å². The number of carbonyl (C=O) groups excluding carboxylic acids is 1. The minimum Gasteiger partial charge on any atom is -0.444 e. The Labute approximate surface area is 172 Å². The molecule has 0 spiro atoms. The number of ether oxygens (including phenoxy) is 1. The van der Waals surface area contributed by atoms with Crippen molar-refractivity contribution in [2.24, 2.45) is 7.05 Å². The van der Waals surface area contributed by atoms with Crippen LogP contribution in [0.5, 0.6) is 0 Å². The molecule has 9 heteroatoms. The Balaban J connectivity index is 1.75. The highest BCUT2D eigenvalue weighted by molar-refractivity contribution is 5.89. The first kappa shape index (κ1) is 19.6. The second-order valence-electron chi connectivity index (χ2n) is 7.84. The van der Waals surface area contributed by atoms with Crippen LogP contribution >= 0.6 is 0 Å². The summed E-state index contributed by atoms with van der Waals surface area (Å²) in [7, 11) is 1.82. The summed E-state index contributed by atoms with van der Waals surface area (Å²) in [4.78, 5) is 16.6. The first-order valence-corrected chi connectivity index (χ1v) is 9.34. The zero-order valence-corrected chi connectivity index (χ0v) is 17.0. The fourth-order valence-corrected chi connectivity index (χ4v) is 3.08. The van der Waals surface area contributed by atoms with Crippen LogP contribution in [0.3, 0.4) is 0 Å². The lowest BCUT2D eigenvalue weighted by molar-refractivity contribution is 0.0635. The molecule has 0 aliphatic carbocycles. The van der Waals surface area contributed by atoms with Crippen LogP contribution in [0.2, 0.25) is 0 Å². The van der Waals surface area contributed by atoms with Crippen molar-refractivity contribution in [1.82, 2.24) is 24.4 Å². The van der Waals surface area contributed by atoms with Gasteiger partial charge in [0.1, 0.15) is 17.1 Å². The first-order valence-electron chi connectivity index (χ1n) is 9.34. The predicted octanol–water partition coefficient (Wildman–Crippen LogP) is 4.28. The molecule has 0 fully saturated rings. The van der Waals surface area contributed by atoms with Gasteiger partial charge >= 0.3 is 6.09 Å². The second-order valence-corrected chi connectivity index (χ2v) is 7.84. The number of hydrogen-bond donors (Lipinski definition) is 1. The molecular weight excluding hydrogens is 387 g/mol. The molecule has 0 unspecified atom stereocenters. The first-order chi connectivity index (χ1) is 14.2. The van der Waals surface area contributed by atoms with Gasteiger partial charge in [-0.15, -0.1) is 0 Å². The molecule has 3 aromatic heterocycles. The Morgan fingerprint density at radius 2 is 1.83 bits per heavy atom. The molecule has 4 aromatic rings. The van der Waals surface area contributed by atoms with Gasteiger partial charge < -0.3 is 4.74 Å². The van der Waals surface area contributed by atoms with Crippen molar-refractivity contribution in [2.45, 2.75) is 26.4 Å². The van der Waals surface area contributed by atoms with E-state index in [-0.39, 0.29) is 5.82 Å². The van der Waals surface area contributed by atoms with Crippen molar-refractivity contribution in [3.63, 3.8) is 0 Å².